The minimum Gasteiger partial charge on any atom is -0.488 e. The second kappa shape index (κ2) is 8.21. The summed E-state index contributed by atoms with van der Waals surface area (Å²) in [5.74, 6) is 0.789. The fraction of sp³-hybridized carbons (Fsp3) is 0.111. The Bertz CT molecular complexity index is 908. The van der Waals surface area contributed by atoms with Gasteiger partial charge >= 0.3 is 0 Å². The van der Waals surface area contributed by atoms with Crippen LogP contribution in [0.2, 0.25) is 0 Å². The molecule has 1 N–H and O–H groups in total. The van der Waals surface area contributed by atoms with Gasteiger partial charge in [-0.25, -0.2) is 4.98 Å². The molecule has 7 nitrogen and oxygen atoms in total. The number of hydrazone groups is 1. The van der Waals surface area contributed by atoms with Gasteiger partial charge in [0, 0.05) is 23.1 Å². The molecule has 0 unspecified atom stereocenters. The van der Waals surface area contributed by atoms with E-state index in [1.54, 1.807) is 12.1 Å². The van der Waals surface area contributed by atoms with Crippen LogP contribution in [0.25, 0.3) is 11.3 Å². The van der Waals surface area contributed by atoms with E-state index in [1.807, 2.05) is 42.6 Å². The van der Waals surface area contributed by atoms with Crippen LogP contribution in [-0.2, 0) is 0 Å². The minimum absolute atomic E-state index is 0.0565. The van der Waals surface area contributed by atoms with Gasteiger partial charge in [0.15, 0.2) is 0 Å². The molecule has 26 heavy (non-hydrogen) atoms. The summed E-state index contributed by atoms with van der Waals surface area (Å²) in [4.78, 5) is 14.7. The molecule has 1 heterocycles. The van der Waals surface area contributed by atoms with Crippen molar-refractivity contribution in [2.24, 2.45) is 5.10 Å². The van der Waals surface area contributed by atoms with E-state index in [9.17, 15) is 10.1 Å². The molecule has 0 bridgehead atoms. The zero-order valence-corrected chi connectivity index (χ0v) is 14.8. The number of nitro benzene ring substituents is 1. The van der Waals surface area contributed by atoms with Gasteiger partial charge in [-0.05, 0) is 31.2 Å². The largest absolute Gasteiger partial charge is 0.488 e. The molecule has 0 aliphatic carbocycles. The van der Waals surface area contributed by atoms with Crippen molar-refractivity contribution in [3.05, 3.63) is 70.1 Å². The van der Waals surface area contributed by atoms with E-state index in [2.05, 4.69) is 15.5 Å². The number of rotatable bonds is 7. The molecule has 0 spiro atoms. The highest BCUT2D eigenvalue weighted by Crippen LogP contribution is 2.26. The molecule has 3 aromatic rings. The van der Waals surface area contributed by atoms with E-state index in [0.29, 0.717) is 11.7 Å². The monoisotopic (exact) mass is 368 g/mol. The maximum atomic E-state index is 10.7. The molecule has 132 valence electrons. The van der Waals surface area contributed by atoms with Gasteiger partial charge < -0.3 is 4.74 Å². The van der Waals surface area contributed by atoms with Crippen LogP contribution in [0.15, 0.2) is 65.1 Å². The molecular formula is C18H16N4O3S. The fourth-order valence-electron chi connectivity index (χ4n) is 2.09. The second-order valence-corrected chi connectivity index (χ2v) is 6.26. The number of para-hydroxylation sites is 1. The standard InChI is InChI=1S/C18H16N4O3S/c1-13(11-25-16-5-3-2-4-6-16)20-21-18-19-17(12-26-18)14-7-9-15(10-8-14)22(23)24/h2-10,12H,11H2,1H3,(H,19,21)/b20-13+. The van der Waals surface area contributed by atoms with Crippen molar-refractivity contribution in [2.45, 2.75) is 6.92 Å². The van der Waals surface area contributed by atoms with Gasteiger partial charge in [0.25, 0.3) is 5.69 Å². The Morgan fingerprint density at radius 3 is 2.65 bits per heavy atom. The number of nitrogens with one attached hydrogen (secondary N) is 1. The highest BCUT2D eigenvalue weighted by molar-refractivity contribution is 7.14. The third kappa shape index (κ3) is 4.64. The molecule has 2 aromatic carbocycles. The van der Waals surface area contributed by atoms with Crippen molar-refractivity contribution in [2.75, 3.05) is 12.0 Å². The predicted molar refractivity (Wildman–Crippen MR) is 103 cm³/mol. The first kappa shape index (κ1) is 17.6. The van der Waals surface area contributed by atoms with Crippen LogP contribution in [0.1, 0.15) is 6.92 Å². The minimum atomic E-state index is -0.424. The van der Waals surface area contributed by atoms with E-state index in [1.165, 1.54) is 23.5 Å². The lowest BCUT2D eigenvalue weighted by Gasteiger charge is -2.05. The molecule has 1 aromatic heterocycles. The van der Waals surface area contributed by atoms with Gasteiger partial charge in [-0.2, -0.15) is 5.10 Å². The predicted octanol–water partition coefficient (Wildman–Crippen LogP) is 4.59. The van der Waals surface area contributed by atoms with E-state index in [-0.39, 0.29) is 5.69 Å². The number of anilines is 1. The third-order valence-electron chi connectivity index (χ3n) is 3.41. The van der Waals surface area contributed by atoms with Crippen LogP contribution < -0.4 is 10.2 Å². The van der Waals surface area contributed by atoms with Crippen LogP contribution in [0, 0.1) is 10.1 Å². The smallest absolute Gasteiger partial charge is 0.269 e. The number of hydrogen-bond donors (Lipinski definition) is 1. The highest BCUT2D eigenvalue weighted by atomic mass is 32.1. The lowest BCUT2D eigenvalue weighted by molar-refractivity contribution is -0.384. The first-order chi connectivity index (χ1) is 12.6. The molecule has 0 radical (unpaired) electrons. The molecular weight excluding hydrogens is 352 g/mol. The average Bonchev–Trinajstić information content (AvgIpc) is 3.14. The Labute approximate surface area is 154 Å². The van der Waals surface area contributed by atoms with Gasteiger partial charge in [0.2, 0.25) is 5.13 Å². The zero-order chi connectivity index (χ0) is 18.4. The number of non-ortho nitro benzene ring substituents is 1. The van der Waals surface area contributed by atoms with Crippen molar-refractivity contribution >= 4 is 27.9 Å². The van der Waals surface area contributed by atoms with Crippen LogP contribution in [0.4, 0.5) is 10.8 Å². The second-order valence-electron chi connectivity index (χ2n) is 5.40. The van der Waals surface area contributed by atoms with E-state index >= 15 is 0 Å². The summed E-state index contributed by atoms with van der Waals surface area (Å²) in [6, 6.07) is 15.8. The van der Waals surface area contributed by atoms with Crippen molar-refractivity contribution in [3.63, 3.8) is 0 Å². The van der Waals surface area contributed by atoms with Crippen molar-refractivity contribution in [1.82, 2.24) is 4.98 Å². The van der Waals surface area contributed by atoms with Crippen LogP contribution in [0.3, 0.4) is 0 Å². The summed E-state index contributed by atoms with van der Waals surface area (Å²) >= 11 is 1.41. The van der Waals surface area contributed by atoms with Gasteiger partial charge in [-0.1, -0.05) is 18.2 Å². The summed E-state index contributed by atoms with van der Waals surface area (Å²) < 4.78 is 5.62. The Balaban J connectivity index is 1.58. The molecule has 0 saturated heterocycles. The summed E-state index contributed by atoms with van der Waals surface area (Å²) in [7, 11) is 0. The first-order valence-electron chi connectivity index (χ1n) is 7.79. The van der Waals surface area contributed by atoms with Crippen molar-refractivity contribution in [3.8, 4) is 17.0 Å². The van der Waals surface area contributed by atoms with Gasteiger partial charge in [-0.3, -0.25) is 15.5 Å². The number of benzene rings is 2. The van der Waals surface area contributed by atoms with Crippen LogP contribution in [-0.4, -0.2) is 22.2 Å². The van der Waals surface area contributed by atoms with Crippen molar-refractivity contribution < 1.29 is 9.66 Å². The molecule has 0 atom stereocenters. The number of thiazole rings is 1. The third-order valence-corrected chi connectivity index (χ3v) is 4.16. The topological polar surface area (TPSA) is 89.7 Å². The Kier molecular flexibility index (Phi) is 5.55. The normalized spacial score (nSPS) is 11.2. The number of nitro groups is 1. The van der Waals surface area contributed by atoms with E-state index in [0.717, 1.165) is 22.7 Å². The molecule has 3 rings (SSSR count). The first-order valence-corrected chi connectivity index (χ1v) is 8.67. The number of ether oxygens (including phenoxy) is 1. The molecule has 0 amide bonds. The SMILES string of the molecule is C/C(COc1ccccc1)=N\Nc1nc(-c2ccc([N+](=O)[O-])cc2)cs1. The summed E-state index contributed by atoms with van der Waals surface area (Å²) in [6.07, 6.45) is 0. The van der Waals surface area contributed by atoms with Gasteiger partial charge in [0.1, 0.15) is 12.4 Å². The highest BCUT2D eigenvalue weighted by Gasteiger charge is 2.08. The summed E-state index contributed by atoms with van der Waals surface area (Å²) in [5, 5.41) is 17.5. The Morgan fingerprint density at radius 2 is 1.96 bits per heavy atom. The average molecular weight is 368 g/mol. The van der Waals surface area contributed by atoms with Crippen LogP contribution >= 0.6 is 11.3 Å². The van der Waals surface area contributed by atoms with E-state index in [4.69, 9.17) is 4.74 Å². The molecule has 0 aliphatic heterocycles. The number of aromatic nitrogens is 1. The summed E-state index contributed by atoms with van der Waals surface area (Å²) in [6.45, 7) is 2.23. The fourth-order valence-corrected chi connectivity index (χ4v) is 2.75. The van der Waals surface area contributed by atoms with Crippen LogP contribution in [0.5, 0.6) is 5.75 Å². The van der Waals surface area contributed by atoms with Gasteiger partial charge in [0.05, 0.1) is 16.3 Å². The van der Waals surface area contributed by atoms with E-state index < -0.39 is 4.92 Å². The molecule has 0 fully saturated rings. The molecule has 0 aliphatic rings. The Morgan fingerprint density at radius 1 is 1.23 bits per heavy atom. The zero-order valence-electron chi connectivity index (χ0n) is 14.0. The molecule has 0 saturated carbocycles. The Hall–Kier alpha value is -3.26. The number of hydrogen-bond acceptors (Lipinski definition) is 7. The lowest BCUT2D eigenvalue weighted by atomic mass is 10.1. The quantitative estimate of drug-likeness (QED) is 0.374. The lowest BCUT2D eigenvalue weighted by Crippen LogP contribution is -2.09. The molecule has 8 heteroatoms. The maximum Gasteiger partial charge on any atom is 0.269 e. The van der Waals surface area contributed by atoms with Crippen molar-refractivity contribution in [1.29, 1.82) is 0 Å². The maximum absolute atomic E-state index is 10.7. The van der Waals surface area contributed by atoms with Gasteiger partial charge in [-0.15, -0.1) is 11.3 Å². The summed E-state index contributed by atoms with van der Waals surface area (Å²) in [5.41, 5.74) is 5.29. The number of nitrogens with zero attached hydrogens (tertiary/aromatic N) is 3.